The number of methoxy groups -OCH3 is 1. The van der Waals surface area contributed by atoms with Gasteiger partial charge in [0.2, 0.25) is 0 Å². The van der Waals surface area contributed by atoms with Crippen LogP contribution in [-0.2, 0) is 29.4 Å². The van der Waals surface area contributed by atoms with Gasteiger partial charge in [0.05, 0.1) is 6.61 Å². The van der Waals surface area contributed by atoms with E-state index in [0.29, 0.717) is 29.2 Å². The lowest BCUT2D eigenvalue weighted by atomic mass is 9.97. The van der Waals surface area contributed by atoms with Crippen LogP contribution in [0.15, 0.2) is 23.8 Å². The molecule has 0 aromatic heterocycles. The summed E-state index contributed by atoms with van der Waals surface area (Å²) in [6, 6.07) is 3.44. The van der Waals surface area contributed by atoms with Crippen LogP contribution in [0.5, 0.6) is 11.5 Å². The summed E-state index contributed by atoms with van der Waals surface area (Å²) in [5.74, 6) is 0.0540. The fourth-order valence-corrected chi connectivity index (χ4v) is 2.30. The number of benzene rings is 1. The Morgan fingerprint density at radius 2 is 1.96 bits per heavy atom. The van der Waals surface area contributed by atoms with Crippen molar-refractivity contribution in [2.75, 3.05) is 27.1 Å². The van der Waals surface area contributed by atoms with Crippen LogP contribution in [0, 0.1) is 6.92 Å². The van der Waals surface area contributed by atoms with E-state index in [-0.39, 0.29) is 13.4 Å². The Morgan fingerprint density at radius 3 is 2.50 bits per heavy atom. The zero-order valence-corrected chi connectivity index (χ0v) is 15.7. The third-order valence-electron chi connectivity index (χ3n) is 4.06. The summed E-state index contributed by atoms with van der Waals surface area (Å²) in [4.78, 5) is 23.4. The summed E-state index contributed by atoms with van der Waals surface area (Å²) < 4.78 is 26.8. The van der Waals surface area contributed by atoms with E-state index < -0.39 is 17.5 Å². The number of hydrogen-bond donors (Lipinski definition) is 0. The molecule has 0 aliphatic carbocycles. The molecule has 0 radical (unpaired) electrons. The van der Waals surface area contributed by atoms with Crippen LogP contribution in [0.25, 0.3) is 0 Å². The minimum Gasteiger partial charge on any atom is -0.467 e. The summed E-state index contributed by atoms with van der Waals surface area (Å²) in [6.07, 6.45) is 1.67. The Bertz CT molecular complexity index is 717. The van der Waals surface area contributed by atoms with E-state index in [1.807, 2.05) is 6.92 Å². The SMILES string of the molecule is C/C=C(/C)C(=O)Oc1cc(C)c(OCOC)cc1C1(COC(C)=O)CO1. The van der Waals surface area contributed by atoms with E-state index in [2.05, 4.69) is 0 Å². The van der Waals surface area contributed by atoms with E-state index in [9.17, 15) is 9.59 Å². The molecule has 2 rings (SSSR count). The van der Waals surface area contributed by atoms with Gasteiger partial charge in [-0.15, -0.1) is 0 Å². The minimum absolute atomic E-state index is 0.0300. The molecular weight excluding hydrogens is 340 g/mol. The molecule has 1 aromatic carbocycles. The molecule has 142 valence electrons. The maximum absolute atomic E-state index is 12.2. The quantitative estimate of drug-likeness (QED) is 0.230. The molecule has 0 bridgehead atoms. The first-order chi connectivity index (χ1) is 12.3. The molecule has 1 fully saturated rings. The van der Waals surface area contributed by atoms with Crippen molar-refractivity contribution < 1.29 is 33.3 Å². The third-order valence-corrected chi connectivity index (χ3v) is 4.06. The van der Waals surface area contributed by atoms with E-state index in [4.69, 9.17) is 23.7 Å². The summed E-state index contributed by atoms with van der Waals surface area (Å²) in [5.41, 5.74) is 1.01. The second kappa shape index (κ2) is 8.33. The van der Waals surface area contributed by atoms with Gasteiger partial charge in [-0.3, -0.25) is 4.79 Å². The number of aryl methyl sites for hydroxylation is 1. The fourth-order valence-electron chi connectivity index (χ4n) is 2.30. The number of allylic oxidation sites excluding steroid dienone is 1. The minimum atomic E-state index is -0.843. The molecular formula is C19H24O7. The van der Waals surface area contributed by atoms with Gasteiger partial charge in [-0.1, -0.05) is 6.08 Å². The van der Waals surface area contributed by atoms with Crippen molar-refractivity contribution in [1.82, 2.24) is 0 Å². The van der Waals surface area contributed by atoms with E-state index in [1.54, 1.807) is 32.1 Å². The first kappa shape index (κ1) is 19.9. The molecule has 26 heavy (non-hydrogen) atoms. The van der Waals surface area contributed by atoms with Gasteiger partial charge in [0, 0.05) is 25.2 Å². The van der Waals surface area contributed by atoms with Crippen LogP contribution in [0.2, 0.25) is 0 Å². The van der Waals surface area contributed by atoms with E-state index >= 15 is 0 Å². The second-order valence-electron chi connectivity index (χ2n) is 6.09. The fraction of sp³-hybridized carbons (Fsp3) is 0.474. The number of carbonyl (C=O) groups is 2. The first-order valence-corrected chi connectivity index (χ1v) is 8.22. The predicted octanol–water partition coefficient (Wildman–Crippen LogP) is 2.64. The highest BCUT2D eigenvalue weighted by Gasteiger charge is 2.50. The Balaban J connectivity index is 2.40. The molecule has 1 atom stereocenters. The van der Waals surface area contributed by atoms with Gasteiger partial charge in [0.15, 0.2) is 12.4 Å². The number of hydrogen-bond acceptors (Lipinski definition) is 7. The summed E-state index contributed by atoms with van der Waals surface area (Å²) >= 11 is 0. The van der Waals surface area contributed by atoms with Crippen LogP contribution in [0.1, 0.15) is 31.9 Å². The normalized spacial score (nSPS) is 19.0. The number of carbonyl (C=O) groups excluding carboxylic acids is 2. The van der Waals surface area contributed by atoms with Crippen LogP contribution >= 0.6 is 0 Å². The predicted molar refractivity (Wildman–Crippen MR) is 93.0 cm³/mol. The van der Waals surface area contributed by atoms with Crippen LogP contribution < -0.4 is 9.47 Å². The standard InChI is InChI=1S/C19H24O7/c1-6-12(2)18(21)26-17-7-13(3)16(24-11-22-5)8-15(17)19(10-25-19)9-23-14(4)20/h6-8H,9-11H2,1-5H3/b12-6-. The second-order valence-corrected chi connectivity index (χ2v) is 6.09. The number of esters is 2. The molecule has 7 nitrogen and oxygen atoms in total. The zero-order chi connectivity index (χ0) is 19.3. The highest BCUT2D eigenvalue weighted by molar-refractivity contribution is 5.89. The third kappa shape index (κ3) is 4.62. The number of ether oxygens (including phenoxy) is 5. The number of epoxide rings is 1. The molecule has 0 amide bonds. The Morgan fingerprint density at radius 1 is 1.27 bits per heavy atom. The maximum atomic E-state index is 12.2. The van der Waals surface area contributed by atoms with Gasteiger partial charge in [-0.25, -0.2) is 4.79 Å². The molecule has 0 saturated carbocycles. The smallest absolute Gasteiger partial charge is 0.338 e. The molecule has 1 aliphatic heterocycles. The van der Waals surface area contributed by atoms with Crippen molar-refractivity contribution in [2.24, 2.45) is 0 Å². The van der Waals surface area contributed by atoms with Crippen molar-refractivity contribution in [3.8, 4) is 11.5 Å². The molecule has 0 spiro atoms. The Hall–Kier alpha value is -2.38. The lowest BCUT2D eigenvalue weighted by Gasteiger charge is -2.19. The lowest BCUT2D eigenvalue weighted by molar-refractivity contribution is -0.143. The van der Waals surface area contributed by atoms with Crippen molar-refractivity contribution in [3.63, 3.8) is 0 Å². The summed E-state index contributed by atoms with van der Waals surface area (Å²) in [7, 11) is 1.53. The Kier molecular flexibility index (Phi) is 6.39. The maximum Gasteiger partial charge on any atom is 0.338 e. The highest BCUT2D eigenvalue weighted by Crippen LogP contribution is 2.46. The average molecular weight is 364 g/mol. The summed E-state index contributed by atoms with van der Waals surface area (Å²) in [6.45, 7) is 7.05. The molecule has 7 heteroatoms. The van der Waals surface area contributed by atoms with Gasteiger partial charge in [-0.05, 0) is 38.5 Å². The number of rotatable bonds is 8. The van der Waals surface area contributed by atoms with Gasteiger partial charge in [-0.2, -0.15) is 0 Å². The van der Waals surface area contributed by atoms with Crippen LogP contribution in [0.3, 0.4) is 0 Å². The van der Waals surface area contributed by atoms with Crippen molar-refractivity contribution >= 4 is 11.9 Å². The van der Waals surface area contributed by atoms with Crippen molar-refractivity contribution in [1.29, 1.82) is 0 Å². The van der Waals surface area contributed by atoms with Crippen molar-refractivity contribution in [2.45, 2.75) is 33.3 Å². The first-order valence-electron chi connectivity index (χ1n) is 8.22. The molecule has 1 aromatic rings. The van der Waals surface area contributed by atoms with Gasteiger partial charge < -0.3 is 23.7 Å². The monoisotopic (exact) mass is 364 g/mol. The zero-order valence-electron chi connectivity index (χ0n) is 15.7. The molecule has 1 unspecified atom stereocenters. The van der Waals surface area contributed by atoms with Crippen molar-refractivity contribution in [3.05, 3.63) is 34.9 Å². The van der Waals surface area contributed by atoms with Gasteiger partial charge >= 0.3 is 11.9 Å². The van der Waals surface area contributed by atoms with E-state index in [1.165, 1.54) is 14.0 Å². The summed E-state index contributed by atoms with van der Waals surface area (Å²) in [5, 5.41) is 0. The average Bonchev–Trinajstić information content (AvgIpc) is 3.39. The van der Waals surface area contributed by atoms with Crippen LogP contribution in [0.4, 0.5) is 0 Å². The molecule has 1 heterocycles. The molecule has 1 aliphatic rings. The van der Waals surface area contributed by atoms with Gasteiger partial charge in [0.25, 0.3) is 0 Å². The lowest BCUT2D eigenvalue weighted by Crippen LogP contribution is -2.22. The molecule has 0 N–H and O–H groups in total. The molecule has 1 saturated heterocycles. The highest BCUT2D eigenvalue weighted by atomic mass is 16.7. The topological polar surface area (TPSA) is 83.6 Å². The largest absolute Gasteiger partial charge is 0.467 e. The van der Waals surface area contributed by atoms with E-state index in [0.717, 1.165) is 5.56 Å². The van der Waals surface area contributed by atoms with Crippen LogP contribution in [-0.4, -0.2) is 39.1 Å². The Labute approximate surface area is 152 Å². The van der Waals surface area contributed by atoms with Gasteiger partial charge in [0.1, 0.15) is 18.1 Å².